The van der Waals surface area contributed by atoms with Gasteiger partial charge in [-0.25, -0.2) is 4.79 Å². The lowest BCUT2D eigenvalue weighted by Gasteiger charge is -2.28. The van der Waals surface area contributed by atoms with Crippen LogP contribution < -0.4 is 5.32 Å². The second kappa shape index (κ2) is 7.55. The van der Waals surface area contributed by atoms with Crippen molar-refractivity contribution in [3.05, 3.63) is 34.3 Å². The van der Waals surface area contributed by atoms with Crippen LogP contribution in [-0.4, -0.2) is 41.1 Å². The van der Waals surface area contributed by atoms with Crippen LogP contribution in [0, 0.1) is 5.92 Å². The molecular weight excluding hydrogens is 372 g/mol. The van der Waals surface area contributed by atoms with E-state index in [0.29, 0.717) is 18.8 Å². The van der Waals surface area contributed by atoms with Gasteiger partial charge in [-0.1, -0.05) is 28.1 Å². The Morgan fingerprint density at radius 1 is 1.17 bits per heavy atom. The standard InChI is InChI=1S/C18H23BrN2O3/c19-15-3-1-2-13(10-15)14-8-9-21(11-14)18(24)20-16-6-4-12(5-7-16)17(22)23/h1-3,10,12,14,16H,4-9,11H2,(H,20,24)(H,22,23). The van der Waals surface area contributed by atoms with Crippen LogP contribution in [0.15, 0.2) is 28.7 Å². The molecule has 130 valence electrons. The average molecular weight is 395 g/mol. The minimum absolute atomic E-state index is 0.00808. The molecule has 1 heterocycles. The van der Waals surface area contributed by atoms with E-state index in [2.05, 4.69) is 33.4 Å². The Kier molecular flexibility index (Phi) is 5.43. The van der Waals surface area contributed by atoms with Crippen LogP contribution in [0.2, 0.25) is 0 Å². The first-order valence-corrected chi connectivity index (χ1v) is 9.36. The quantitative estimate of drug-likeness (QED) is 0.822. The maximum Gasteiger partial charge on any atom is 0.317 e. The van der Waals surface area contributed by atoms with E-state index in [1.165, 1.54) is 5.56 Å². The summed E-state index contributed by atoms with van der Waals surface area (Å²) in [6, 6.07) is 8.38. The van der Waals surface area contributed by atoms with E-state index < -0.39 is 5.97 Å². The summed E-state index contributed by atoms with van der Waals surface area (Å²) < 4.78 is 1.07. The largest absolute Gasteiger partial charge is 0.481 e. The Labute approximate surface area is 150 Å². The predicted molar refractivity (Wildman–Crippen MR) is 95.0 cm³/mol. The topological polar surface area (TPSA) is 69.6 Å². The normalized spacial score (nSPS) is 27.0. The molecule has 2 amide bonds. The van der Waals surface area contributed by atoms with Crippen molar-refractivity contribution in [1.82, 2.24) is 10.2 Å². The first kappa shape index (κ1) is 17.3. The number of carbonyl (C=O) groups is 2. The summed E-state index contributed by atoms with van der Waals surface area (Å²) in [7, 11) is 0. The van der Waals surface area contributed by atoms with E-state index in [9.17, 15) is 9.59 Å². The van der Waals surface area contributed by atoms with Gasteiger partial charge in [-0.2, -0.15) is 0 Å². The molecule has 0 aromatic heterocycles. The molecule has 1 saturated heterocycles. The fraction of sp³-hybridized carbons (Fsp3) is 0.556. The van der Waals surface area contributed by atoms with Crippen LogP contribution in [0.1, 0.15) is 43.6 Å². The third-order valence-electron chi connectivity index (χ3n) is 5.20. The molecule has 2 fully saturated rings. The molecule has 0 spiro atoms. The minimum Gasteiger partial charge on any atom is -0.481 e. The highest BCUT2D eigenvalue weighted by Crippen LogP contribution is 2.29. The number of carbonyl (C=O) groups excluding carboxylic acids is 1. The van der Waals surface area contributed by atoms with Gasteiger partial charge < -0.3 is 15.3 Å². The number of nitrogens with zero attached hydrogens (tertiary/aromatic N) is 1. The Morgan fingerprint density at radius 3 is 2.58 bits per heavy atom. The van der Waals surface area contributed by atoms with Gasteiger partial charge in [0.05, 0.1) is 5.92 Å². The lowest BCUT2D eigenvalue weighted by molar-refractivity contribution is -0.142. The van der Waals surface area contributed by atoms with Crippen molar-refractivity contribution >= 4 is 27.9 Å². The molecule has 3 rings (SSSR count). The number of urea groups is 1. The van der Waals surface area contributed by atoms with Gasteiger partial charge in [0.15, 0.2) is 0 Å². The smallest absolute Gasteiger partial charge is 0.317 e. The maximum atomic E-state index is 12.5. The van der Waals surface area contributed by atoms with Crippen LogP contribution in [0.3, 0.4) is 0 Å². The number of hydrogen-bond donors (Lipinski definition) is 2. The van der Waals surface area contributed by atoms with Gasteiger partial charge in [0.25, 0.3) is 0 Å². The molecule has 1 aromatic rings. The van der Waals surface area contributed by atoms with Gasteiger partial charge in [-0.3, -0.25) is 4.79 Å². The summed E-state index contributed by atoms with van der Waals surface area (Å²) in [5, 5.41) is 12.1. The van der Waals surface area contributed by atoms with Crippen molar-refractivity contribution in [2.75, 3.05) is 13.1 Å². The molecule has 2 aliphatic rings. The van der Waals surface area contributed by atoms with E-state index in [4.69, 9.17) is 5.11 Å². The van der Waals surface area contributed by atoms with Gasteiger partial charge in [-0.15, -0.1) is 0 Å². The highest BCUT2D eigenvalue weighted by atomic mass is 79.9. The van der Waals surface area contributed by atoms with Crippen molar-refractivity contribution in [2.24, 2.45) is 5.92 Å². The van der Waals surface area contributed by atoms with Gasteiger partial charge >= 0.3 is 12.0 Å². The van der Waals surface area contributed by atoms with Crippen LogP contribution in [0.4, 0.5) is 4.79 Å². The lowest BCUT2D eigenvalue weighted by Crippen LogP contribution is -2.45. The molecule has 0 radical (unpaired) electrons. The SMILES string of the molecule is O=C(O)C1CCC(NC(=O)N2CCC(c3cccc(Br)c3)C2)CC1. The second-order valence-corrected chi connectivity index (χ2v) is 7.74. The molecule has 1 saturated carbocycles. The van der Waals surface area contributed by atoms with E-state index >= 15 is 0 Å². The molecule has 1 unspecified atom stereocenters. The monoisotopic (exact) mass is 394 g/mol. The van der Waals surface area contributed by atoms with Crippen molar-refractivity contribution in [1.29, 1.82) is 0 Å². The Morgan fingerprint density at radius 2 is 1.92 bits per heavy atom. The summed E-state index contributed by atoms with van der Waals surface area (Å²) in [5.41, 5.74) is 1.27. The summed E-state index contributed by atoms with van der Waals surface area (Å²) in [6.45, 7) is 1.51. The zero-order chi connectivity index (χ0) is 17.1. The second-order valence-electron chi connectivity index (χ2n) is 6.82. The fourth-order valence-corrected chi connectivity index (χ4v) is 4.14. The average Bonchev–Trinajstić information content (AvgIpc) is 3.05. The van der Waals surface area contributed by atoms with E-state index in [1.807, 2.05) is 17.0 Å². The number of benzene rings is 1. The van der Waals surface area contributed by atoms with Crippen LogP contribution in [0.25, 0.3) is 0 Å². The molecule has 5 nitrogen and oxygen atoms in total. The fourth-order valence-electron chi connectivity index (χ4n) is 3.73. The number of likely N-dealkylation sites (tertiary alicyclic amines) is 1. The molecule has 1 aliphatic heterocycles. The van der Waals surface area contributed by atoms with Crippen molar-refractivity contribution in [2.45, 2.75) is 44.1 Å². The number of carboxylic acids is 1. The van der Waals surface area contributed by atoms with E-state index in [1.54, 1.807) is 0 Å². The molecule has 6 heteroatoms. The molecular formula is C18H23BrN2O3. The molecule has 1 atom stereocenters. The summed E-state index contributed by atoms with van der Waals surface area (Å²) in [5.74, 6) is -0.571. The molecule has 24 heavy (non-hydrogen) atoms. The van der Waals surface area contributed by atoms with E-state index in [0.717, 1.165) is 36.8 Å². The summed E-state index contributed by atoms with van der Waals surface area (Å²) in [4.78, 5) is 25.3. The number of hydrogen-bond acceptors (Lipinski definition) is 2. The van der Waals surface area contributed by atoms with Gasteiger partial charge in [0.1, 0.15) is 0 Å². The molecule has 1 aromatic carbocycles. The third-order valence-corrected chi connectivity index (χ3v) is 5.69. The van der Waals surface area contributed by atoms with Crippen LogP contribution >= 0.6 is 15.9 Å². The Bertz CT molecular complexity index is 614. The first-order chi connectivity index (χ1) is 11.5. The van der Waals surface area contributed by atoms with E-state index in [-0.39, 0.29) is 18.0 Å². The molecule has 2 N–H and O–H groups in total. The Balaban J connectivity index is 1.49. The minimum atomic E-state index is -0.712. The zero-order valence-electron chi connectivity index (χ0n) is 13.6. The molecule has 1 aliphatic carbocycles. The first-order valence-electron chi connectivity index (χ1n) is 8.56. The lowest BCUT2D eigenvalue weighted by atomic mass is 9.86. The number of nitrogens with one attached hydrogen (secondary N) is 1. The van der Waals surface area contributed by atoms with Gasteiger partial charge in [-0.05, 0) is 49.8 Å². The van der Waals surface area contributed by atoms with Crippen LogP contribution in [-0.2, 0) is 4.79 Å². The highest BCUT2D eigenvalue weighted by molar-refractivity contribution is 9.10. The number of aliphatic carboxylic acids is 1. The summed E-state index contributed by atoms with van der Waals surface area (Å²) >= 11 is 3.50. The van der Waals surface area contributed by atoms with Crippen molar-refractivity contribution < 1.29 is 14.7 Å². The molecule has 0 bridgehead atoms. The highest BCUT2D eigenvalue weighted by Gasteiger charge is 2.31. The van der Waals surface area contributed by atoms with Gasteiger partial charge in [0.2, 0.25) is 0 Å². The third kappa shape index (κ3) is 4.09. The predicted octanol–water partition coefficient (Wildman–Crippen LogP) is 3.59. The van der Waals surface area contributed by atoms with Gasteiger partial charge in [0, 0.05) is 29.5 Å². The number of rotatable bonds is 3. The maximum absolute atomic E-state index is 12.5. The zero-order valence-corrected chi connectivity index (χ0v) is 15.2. The Hall–Kier alpha value is -1.56. The van der Waals surface area contributed by atoms with Crippen molar-refractivity contribution in [3.63, 3.8) is 0 Å². The van der Waals surface area contributed by atoms with Crippen LogP contribution in [0.5, 0.6) is 0 Å². The summed E-state index contributed by atoms with van der Waals surface area (Å²) in [6.07, 6.45) is 3.80. The number of carboxylic acid groups (broad SMARTS) is 1. The number of amides is 2. The number of halogens is 1. The van der Waals surface area contributed by atoms with Crippen molar-refractivity contribution in [3.8, 4) is 0 Å².